The third kappa shape index (κ3) is 6.19. The minimum absolute atomic E-state index is 0.318. The van der Waals surface area contributed by atoms with Gasteiger partial charge in [0.2, 0.25) is 16.0 Å². The number of anilines is 2. The van der Waals surface area contributed by atoms with Crippen molar-refractivity contribution in [3.8, 4) is 0 Å². The molecule has 0 aliphatic heterocycles. The van der Waals surface area contributed by atoms with Crippen LogP contribution in [0.25, 0.3) is 10.9 Å². The first kappa shape index (κ1) is 23.4. The van der Waals surface area contributed by atoms with E-state index in [1.165, 1.54) is 0 Å². The lowest BCUT2D eigenvalue weighted by atomic mass is 9.82. The lowest BCUT2D eigenvalue weighted by Gasteiger charge is -2.28. The van der Waals surface area contributed by atoms with Crippen LogP contribution in [0.4, 0.5) is 11.8 Å². The van der Waals surface area contributed by atoms with E-state index in [9.17, 15) is 8.42 Å². The van der Waals surface area contributed by atoms with E-state index in [-0.39, 0.29) is 0 Å². The van der Waals surface area contributed by atoms with Crippen molar-refractivity contribution in [2.45, 2.75) is 30.6 Å². The van der Waals surface area contributed by atoms with E-state index in [2.05, 4.69) is 25.3 Å². The number of nitrogens with zero attached hydrogens (tertiary/aromatic N) is 2. The van der Waals surface area contributed by atoms with E-state index in [4.69, 9.17) is 5.73 Å². The monoisotopic (exact) mass is 468 g/mol. The average molecular weight is 469 g/mol. The highest BCUT2D eigenvalue weighted by Crippen LogP contribution is 2.29. The molecule has 1 aromatic heterocycles. The van der Waals surface area contributed by atoms with Gasteiger partial charge in [-0.1, -0.05) is 30.3 Å². The number of hydrogen-bond acceptors (Lipinski definition) is 7. The smallest absolute Gasteiger partial charge is 0.240 e. The first-order chi connectivity index (χ1) is 16.0. The molecule has 0 saturated heterocycles. The molecular weight excluding hydrogens is 436 g/mol. The second kappa shape index (κ2) is 10.9. The van der Waals surface area contributed by atoms with Crippen molar-refractivity contribution in [2.75, 3.05) is 36.8 Å². The molecule has 1 fully saturated rings. The average Bonchev–Trinajstić information content (AvgIpc) is 2.86. The molecule has 0 radical (unpaired) electrons. The molecule has 33 heavy (non-hydrogen) atoms. The van der Waals surface area contributed by atoms with E-state index >= 15 is 0 Å². The number of benzene rings is 2. The van der Waals surface area contributed by atoms with Crippen LogP contribution in [0.1, 0.15) is 25.7 Å². The van der Waals surface area contributed by atoms with Crippen molar-refractivity contribution in [1.29, 1.82) is 0 Å². The predicted molar refractivity (Wildman–Crippen MR) is 133 cm³/mol. The van der Waals surface area contributed by atoms with Gasteiger partial charge in [0.15, 0.2) is 0 Å². The summed E-state index contributed by atoms with van der Waals surface area (Å²) in [5.74, 6) is 2.29. The van der Waals surface area contributed by atoms with Crippen LogP contribution >= 0.6 is 0 Å². The quantitative estimate of drug-likeness (QED) is 0.360. The molecule has 8 nitrogen and oxygen atoms in total. The molecule has 1 aliphatic rings. The summed E-state index contributed by atoms with van der Waals surface area (Å²) in [6.07, 6.45) is 4.12. The Bertz CT molecular complexity index is 1150. The van der Waals surface area contributed by atoms with E-state index in [1.807, 2.05) is 30.3 Å². The van der Waals surface area contributed by atoms with Gasteiger partial charge in [-0.05, 0) is 61.8 Å². The highest BCUT2D eigenvalue weighted by molar-refractivity contribution is 7.89. The molecule has 2 aromatic carbocycles. The van der Waals surface area contributed by atoms with Gasteiger partial charge >= 0.3 is 0 Å². The Hall–Kier alpha value is -2.75. The summed E-state index contributed by atoms with van der Waals surface area (Å²) in [4.78, 5) is 9.63. The zero-order valence-electron chi connectivity index (χ0n) is 18.7. The van der Waals surface area contributed by atoms with Crippen LogP contribution in [0.15, 0.2) is 59.5 Å². The normalized spacial score (nSPS) is 18.8. The standard InChI is InChI=1S/C24H32N6O2S/c25-14-15-26-23-21-8-4-5-9-22(21)29-24(30-23)27-16-18-10-12-19(13-11-18)17-28-33(31,32)20-6-2-1-3-7-20/h1-9,18-19,28H,10-17,25H2,(H2,26,27,29,30). The van der Waals surface area contributed by atoms with Crippen LogP contribution < -0.4 is 21.1 Å². The minimum atomic E-state index is -3.44. The highest BCUT2D eigenvalue weighted by atomic mass is 32.2. The van der Waals surface area contributed by atoms with Crippen LogP contribution in [-0.2, 0) is 10.0 Å². The fraction of sp³-hybridized carbons (Fsp3) is 0.417. The summed E-state index contributed by atoms with van der Waals surface area (Å²) in [5, 5.41) is 7.68. The third-order valence-corrected chi connectivity index (χ3v) is 7.61. The number of nitrogens with one attached hydrogen (secondary N) is 3. The van der Waals surface area contributed by atoms with Gasteiger partial charge in [-0.2, -0.15) is 4.98 Å². The molecule has 9 heteroatoms. The number of aromatic nitrogens is 2. The second-order valence-corrected chi connectivity index (χ2v) is 10.3. The zero-order valence-corrected chi connectivity index (χ0v) is 19.5. The maximum absolute atomic E-state index is 12.4. The summed E-state index contributed by atoms with van der Waals surface area (Å²) in [6.45, 7) is 2.47. The fourth-order valence-electron chi connectivity index (χ4n) is 4.27. The summed E-state index contributed by atoms with van der Waals surface area (Å²) in [5.41, 5.74) is 6.53. The molecule has 4 rings (SSSR count). The Morgan fingerprint density at radius 2 is 1.52 bits per heavy atom. The largest absolute Gasteiger partial charge is 0.368 e. The van der Waals surface area contributed by atoms with Crippen molar-refractivity contribution >= 4 is 32.7 Å². The van der Waals surface area contributed by atoms with Crippen LogP contribution in [-0.4, -0.2) is 44.6 Å². The Morgan fingerprint density at radius 3 is 2.24 bits per heavy atom. The number of rotatable bonds is 10. The summed E-state index contributed by atoms with van der Waals surface area (Å²) in [6, 6.07) is 16.5. The predicted octanol–water partition coefficient (Wildman–Crippen LogP) is 3.20. The number of sulfonamides is 1. The van der Waals surface area contributed by atoms with E-state index in [0.717, 1.165) is 48.9 Å². The third-order valence-electron chi connectivity index (χ3n) is 6.17. The van der Waals surface area contributed by atoms with E-state index in [0.29, 0.717) is 42.3 Å². The highest BCUT2D eigenvalue weighted by Gasteiger charge is 2.23. The zero-order chi connectivity index (χ0) is 23.1. The molecule has 0 unspecified atom stereocenters. The van der Waals surface area contributed by atoms with Crippen molar-refractivity contribution in [3.05, 3.63) is 54.6 Å². The van der Waals surface area contributed by atoms with Crippen molar-refractivity contribution in [1.82, 2.24) is 14.7 Å². The topological polar surface area (TPSA) is 122 Å². The summed E-state index contributed by atoms with van der Waals surface area (Å²) in [7, 11) is -3.44. The van der Waals surface area contributed by atoms with Crippen LogP contribution in [0.5, 0.6) is 0 Å². The molecule has 1 saturated carbocycles. The lowest BCUT2D eigenvalue weighted by molar-refractivity contribution is 0.284. The molecule has 1 heterocycles. The first-order valence-corrected chi connectivity index (χ1v) is 13.0. The SMILES string of the molecule is NCCNc1nc(NCC2CCC(CNS(=O)(=O)c3ccccc3)CC2)nc2ccccc12. The Labute approximate surface area is 195 Å². The molecule has 0 bridgehead atoms. The van der Waals surface area contributed by atoms with Gasteiger partial charge in [-0.3, -0.25) is 0 Å². The molecular formula is C24H32N6O2S. The van der Waals surface area contributed by atoms with Gasteiger partial charge in [0.1, 0.15) is 5.82 Å². The van der Waals surface area contributed by atoms with Gasteiger partial charge in [-0.15, -0.1) is 0 Å². The van der Waals surface area contributed by atoms with Crippen molar-refractivity contribution in [3.63, 3.8) is 0 Å². The minimum Gasteiger partial charge on any atom is -0.368 e. The maximum atomic E-state index is 12.4. The van der Waals surface area contributed by atoms with Crippen LogP contribution in [0, 0.1) is 11.8 Å². The molecule has 3 aromatic rings. The molecule has 1 aliphatic carbocycles. The van der Waals surface area contributed by atoms with E-state index in [1.54, 1.807) is 24.3 Å². The number of nitrogens with two attached hydrogens (primary N) is 1. The van der Waals surface area contributed by atoms with Gasteiger partial charge in [0.05, 0.1) is 10.4 Å². The molecule has 176 valence electrons. The fourth-order valence-corrected chi connectivity index (χ4v) is 5.40. The van der Waals surface area contributed by atoms with E-state index < -0.39 is 10.0 Å². The Kier molecular flexibility index (Phi) is 7.74. The maximum Gasteiger partial charge on any atom is 0.240 e. The van der Waals surface area contributed by atoms with Crippen LogP contribution in [0.3, 0.4) is 0 Å². The Balaban J connectivity index is 1.28. The van der Waals surface area contributed by atoms with Crippen LogP contribution in [0.2, 0.25) is 0 Å². The molecule has 0 amide bonds. The van der Waals surface area contributed by atoms with Crippen molar-refractivity contribution in [2.24, 2.45) is 17.6 Å². The molecule has 0 spiro atoms. The number of fused-ring (bicyclic) bond motifs is 1. The second-order valence-electron chi connectivity index (χ2n) is 8.56. The van der Waals surface area contributed by atoms with Crippen molar-refractivity contribution < 1.29 is 8.42 Å². The van der Waals surface area contributed by atoms with Gasteiger partial charge in [0.25, 0.3) is 0 Å². The number of para-hydroxylation sites is 1. The first-order valence-electron chi connectivity index (χ1n) is 11.5. The summed E-state index contributed by atoms with van der Waals surface area (Å²) >= 11 is 0. The molecule has 5 N–H and O–H groups in total. The Morgan fingerprint density at radius 1 is 0.848 bits per heavy atom. The van der Waals surface area contributed by atoms with Gasteiger partial charge in [0, 0.05) is 31.6 Å². The molecule has 0 atom stereocenters. The van der Waals surface area contributed by atoms with Gasteiger partial charge < -0.3 is 16.4 Å². The lowest BCUT2D eigenvalue weighted by Crippen LogP contribution is -2.32. The number of hydrogen-bond donors (Lipinski definition) is 4. The van der Waals surface area contributed by atoms with Gasteiger partial charge in [-0.25, -0.2) is 18.1 Å². The summed E-state index contributed by atoms with van der Waals surface area (Å²) < 4.78 is 27.7.